The molecule has 0 spiro atoms. The number of aliphatic carboxylic acids is 1. The molecule has 0 unspecified atom stereocenters. The van der Waals surface area contributed by atoms with Gasteiger partial charge < -0.3 is 9.84 Å². The molecule has 0 fully saturated rings. The van der Waals surface area contributed by atoms with Crippen LogP contribution in [0.15, 0.2) is 30.5 Å². The Bertz CT molecular complexity index is 686. The summed E-state index contributed by atoms with van der Waals surface area (Å²) in [5.41, 5.74) is -0.486. The molecule has 116 valence electrons. The SMILES string of the molecule is O=C(O)Cc1ccnc(-c2cc(F)cc(F)c2)c1OC(F)F. The minimum Gasteiger partial charge on any atom is -0.481 e. The predicted octanol–water partition coefficient (Wildman–Crippen LogP) is 3.26. The highest BCUT2D eigenvalue weighted by molar-refractivity contribution is 5.75. The summed E-state index contributed by atoms with van der Waals surface area (Å²) in [6.07, 6.45) is 0.546. The van der Waals surface area contributed by atoms with Gasteiger partial charge in [-0.05, 0) is 18.2 Å². The standard InChI is InChI=1S/C14H9F4NO3/c15-9-3-8(4-10(16)6-9)12-13(22-14(17)18)7(1-2-19-12)5-11(20)21/h1-4,6,14H,5H2,(H,20,21). The Morgan fingerprint density at radius 3 is 2.41 bits per heavy atom. The van der Waals surface area contributed by atoms with E-state index in [0.717, 1.165) is 18.3 Å². The van der Waals surface area contributed by atoms with Crippen LogP contribution in [0.1, 0.15) is 5.56 Å². The van der Waals surface area contributed by atoms with Crippen LogP contribution in [0.3, 0.4) is 0 Å². The zero-order chi connectivity index (χ0) is 16.3. The van der Waals surface area contributed by atoms with Crippen molar-refractivity contribution in [1.29, 1.82) is 0 Å². The van der Waals surface area contributed by atoms with Crippen LogP contribution in [-0.2, 0) is 11.2 Å². The van der Waals surface area contributed by atoms with E-state index in [0.29, 0.717) is 6.07 Å². The first kappa shape index (κ1) is 15.7. The lowest BCUT2D eigenvalue weighted by atomic mass is 10.1. The first-order valence-corrected chi connectivity index (χ1v) is 5.97. The van der Waals surface area contributed by atoms with Gasteiger partial charge in [-0.25, -0.2) is 8.78 Å². The van der Waals surface area contributed by atoms with E-state index in [1.54, 1.807) is 0 Å². The van der Waals surface area contributed by atoms with Gasteiger partial charge in [0.25, 0.3) is 0 Å². The van der Waals surface area contributed by atoms with Crippen molar-refractivity contribution in [2.24, 2.45) is 0 Å². The molecule has 0 saturated heterocycles. The molecule has 4 nitrogen and oxygen atoms in total. The molecular formula is C14H9F4NO3. The summed E-state index contributed by atoms with van der Waals surface area (Å²) in [6.45, 7) is -3.24. The highest BCUT2D eigenvalue weighted by Crippen LogP contribution is 2.33. The molecular weight excluding hydrogens is 306 g/mol. The van der Waals surface area contributed by atoms with Gasteiger partial charge in [0.05, 0.1) is 6.42 Å². The van der Waals surface area contributed by atoms with Crippen LogP contribution in [0.4, 0.5) is 17.6 Å². The molecule has 2 aromatic rings. The third kappa shape index (κ3) is 3.72. The number of ether oxygens (including phenoxy) is 1. The zero-order valence-corrected chi connectivity index (χ0v) is 10.9. The molecule has 0 saturated carbocycles. The third-order valence-electron chi connectivity index (χ3n) is 2.67. The molecule has 2 rings (SSSR count). The van der Waals surface area contributed by atoms with Crippen molar-refractivity contribution in [3.63, 3.8) is 0 Å². The normalized spacial score (nSPS) is 10.8. The molecule has 0 atom stereocenters. The van der Waals surface area contributed by atoms with Gasteiger partial charge in [-0.2, -0.15) is 8.78 Å². The number of rotatable bonds is 5. The second kappa shape index (κ2) is 6.42. The number of nitrogens with zero attached hydrogens (tertiary/aromatic N) is 1. The van der Waals surface area contributed by atoms with Crippen molar-refractivity contribution in [2.45, 2.75) is 13.0 Å². The van der Waals surface area contributed by atoms with E-state index in [1.807, 2.05) is 0 Å². The van der Waals surface area contributed by atoms with Crippen molar-refractivity contribution >= 4 is 5.97 Å². The maximum atomic E-state index is 13.3. The fourth-order valence-corrected chi connectivity index (χ4v) is 1.91. The van der Waals surface area contributed by atoms with E-state index in [-0.39, 0.29) is 16.8 Å². The Balaban J connectivity index is 2.60. The molecule has 0 aliphatic carbocycles. The second-order valence-electron chi connectivity index (χ2n) is 4.25. The zero-order valence-electron chi connectivity index (χ0n) is 10.9. The van der Waals surface area contributed by atoms with E-state index in [4.69, 9.17) is 5.11 Å². The second-order valence-corrected chi connectivity index (χ2v) is 4.25. The van der Waals surface area contributed by atoms with Crippen molar-refractivity contribution in [3.05, 3.63) is 47.7 Å². The van der Waals surface area contributed by atoms with E-state index in [9.17, 15) is 22.4 Å². The predicted molar refractivity (Wildman–Crippen MR) is 67.6 cm³/mol. The number of aromatic nitrogens is 1. The molecule has 1 aromatic carbocycles. The van der Waals surface area contributed by atoms with E-state index in [1.165, 1.54) is 6.07 Å². The van der Waals surface area contributed by atoms with Gasteiger partial charge in [0, 0.05) is 23.4 Å². The van der Waals surface area contributed by atoms with E-state index >= 15 is 0 Å². The Morgan fingerprint density at radius 1 is 1.23 bits per heavy atom. The summed E-state index contributed by atoms with van der Waals surface area (Å²) >= 11 is 0. The van der Waals surface area contributed by atoms with E-state index in [2.05, 4.69) is 9.72 Å². The van der Waals surface area contributed by atoms with Crippen molar-refractivity contribution in [1.82, 2.24) is 4.98 Å². The van der Waals surface area contributed by atoms with Crippen molar-refractivity contribution < 1.29 is 32.2 Å². The summed E-state index contributed by atoms with van der Waals surface area (Å²) in [5, 5.41) is 8.79. The number of carbonyl (C=O) groups is 1. The topological polar surface area (TPSA) is 59.4 Å². The first-order valence-electron chi connectivity index (χ1n) is 5.97. The lowest BCUT2D eigenvalue weighted by molar-refractivity contribution is -0.136. The molecule has 0 aliphatic heterocycles. The van der Waals surface area contributed by atoms with Crippen LogP contribution in [0, 0.1) is 11.6 Å². The Morgan fingerprint density at radius 2 is 1.86 bits per heavy atom. The Kier molecular flexibility index (Phi) is 4.59. The number of carboxylic acids is 1. The lowest BCUT2D eigenvalue weighted by Gasteiger charge is -2.14. The summed E-state index contributed by atoms with van der Waals surface area (Å²) in [6, 6.07) is 3.56. The van der Waals surface area contributed by atoms with Crippen molar-refractivity contribution in [2.75, 3.05) is 0 Å². The van der Waals surface area contributed by atoms with Gasteiger partial charge in [0.15, 0.2) is 5.75 Å². The van der Waals surface area contributed by atoms with Gasteiger partial charge in [-0.15, -0.1) is 0 Å². The van der Waals surface area contributed by atoms with Crippen LogP contribution in [0.5, 0.6) is 5.75 Å². The van der Waals surface area contributed by atoms with E-state index < -0.39 is 36.4 Å². The average Bonchev–Trinajstić information content (AvgIpc) is 2.38. The van der Waals surface area contributed by atoms with Gasteiger partial charge >= 0.3 is 12.6 Å². The van der Waals surface area contributed by atoms with Gasteiger partial charge in [0.2, 0.25) is 0 Å². The minimum atomic E-state index is -3.24. The number of pyridine rings is 1. The van der Waals surface area contributed by atoms with Crippen LogP contribution in [-0.4, -0.2) is 22.7 Å². The fraction of sp³-hybridized carbons (Fsp3) is 0.143. The van der Waals surface area contributed by atoms with Gasteiger partial charge in [-0.1, -0.05) is 0 Å². The van der Waals surface area contributed by atoms with Gasteiger partial charge in [-0.3, -0.25) is 9.78 Å². The number of carboxylic acid groups (broad SMARTS) is 1. The van der Waals surface area contributed by atoms with Crippen LogP contribution < -0.4 is 4.74 Å². The molecule has 1 aromatic heterocycles. The maximum absolute atomic E-state index is 13.3. The molecule has 22 heavy (non-hydrogen) atoms. The summed E-state index contributed by atoms with van der Waals surface area (Å²) in [5.74, 6) is -3.65. The smallest absolute Gasteiger partial charge is 0.387 e. The highest BCUT2D eigenvalue weighted by Gasteiger charge is 2.19. The Labute approximate surface area is 122 Å². The number of hydrogen-bond donors (Lipinski definition) is 1. The molecule has 8 heteroatoms. The van der Waals surface area contributed by atoms with Crippen LogP contribution >= 0.6 is 0 Å². The summed E-state index contributed by atoms with van der Waals surface area (Å²) < 4.78 is 55.9. The highest BCUT2D eigenvalue weighted by atomic mass is 19.3. The lowest BCUT2D eigenvalue weighted by Crippen LogP contribution is -2.09. The van der Waals surface area contributed by atoms with Crippen LogP contribution in [0.2, 0.25) is 0 Å². The summed E-state index contributed by atoms with van der Waals surface area (Å²) in [7, 11) is 0. The number of alkyl halides is 2. The average molecular weight is 315 g/mol. The Hall–Kier alpha value is -2.64. The molecule has 0 radical (unpaired) electrons. The molecule has 0 bridgehead atoms. The monoisotopic (exact) mass is 315 g/mol. The first-order chi connectivity index (χ1) is 10.4. The van der Waals surface area contributed by atoms with Gasteiger partial charge in [0.1, 0.15) is 17.3 Å². The number of halogens is 4. The molecule has 1 N–H and O–H groups in total. The molecule has 0 amide bonds. The molecule has 1 heterocycles. The number of hydrogen-bond acceptors (Lipinski definition) is 3. The summed E-state index contributed by atoms with van der Waals surface area (Å²) in [4.78, 5) is 14.5. The number of benzene rings is 1. The fourth-order valence-electron chi connectivity index (χ4n) is 1.91. The molecule has 0 aliphatic rings. The minimum absolute atomic E-state index is 0.0810. The maximum Gasteiger partial charge on any atom is 0.387 e. The third-order valence-corrected chi connectivity index (χ3v) is 2.67. The van der Waals surface area contributed by atoms with Crippen molar-refractivity contribution in [3.8, 4) is 17.0 Å². The van der Waals surface area contributed by atoms with Crippen LogP contribution in [0.25, 0.3) is 11.3 Å². The quantitative estimate of drug-likeness (QED) is 0.861. The largest absolute Gasteiger partial charge is 0.481 e.